The molecule has 0 spiro atoms. The summed E-state index contributed by atoms with van der Waals surface area (Å²) in [5.74, 6) is -0.0183. The van der Waals surface area contributed by atoms with Crippen LogP contribution in [0.2, 0.25) is 0 Å². The highest BCUT2D eigenvalue weighted by molar-refractivity contribution is 7.11. The van der Waals surface area contributed by atoms with Crippen molar-refractivity contribution in [2.75, 3.05) is 6.54 Å². The molecule has 0 saturated heterocycles. The summed E-state index contributed by atoms with van der Waals surface area (Å²) in [6.07, 6.45) is 6.03. The van der Waals surface area contributed by atoms with Crippen LogP contribution in [0.25, 0.3) is 5.57 Å². The normalized spacial score (nSPS) is 13.9. The maximum Gasteiger partial charge on any atom is 0.226 e. The van der Waals surface area contributed by atoms with Gasteiger partial charge in [-0.25, -0.2) is 0 Å². The van der Waals surface area contributed by atoms with Crippen LogP contribution in [-0.4, -0.2) is 12.5 Å². The number of hydrogen-bond acceptors (Lipinski definition) is 2. The Morgan fingerprint density at radius 1 is 1.59 bits per heavy atom. The van der Waals surface area contributed by atoms with Crippen molar-refractivity contribution in [3.8, 4) is 0 Å². The molecule has 1 atom stereocenters. The van der Waals surface area contributed by atoms with Crippen LogP contribution in [0.4, 0.5) is 0 Å². The number of allylic oxidation sites excluding steroid dienone is 3. The highest BCUT2D eigenvalue weighted by Gasteiger charge is 2.07. The lowest BCUT2D eigenvalue weighted by atomic mass is 10.1. The maximum absolute atomic E-state index is 11.6. The summed E-state index contributed by atoms with van der Waals surface area (Å²) in [6, 6.07) is 4.12. The van der Waals surface area contributed by atoms with Crippen molar-refractivity contribution in [1.82, 2.24) is 5.32 Å². The highest BCUT2D eigenvalue weighted by atomic mass is 32.1. The summed E-state index contributed by atoms with van der Waals surface area (Å²) in [4.78, 5) is 12.8. The third-order valence-corrected chi connectivity index (χ3v) is 3.36. The van der Waals surface area contributed by atoms with Gasteiger partial charge >= 0.3 is 0 Å². The molecule has 0 radical (unpaired) electrons. The van der Waals surface area contributed by atoms with E-state index in [0.29, 0.717) is 6.54 Å². The monoisotopic (exact) mass is 249 g/mol. The zero-order valence-electron chi connectivity index (χ0n) is 10.6. The molecule has 0 saturated carbocycles. The van der Waals surface area contributed by atoms with Gasteiger partial charge < -0.3 is 5.32 Å². The van der Waals surface area contributed by atoms with E-state index in [9.17, 15) is 4.79 Å². The van der Waals surface area contributed by atoms with Crippen molar-refractivity contribution in [3.05, 3.63) is 40.6 Å². The van der Waals surface area contributed by atoms with E-state index in [2.05, 4.69) is 22.8 Å². The Hall–Kier alpha value is -1.35. The SMILES string of the molecule is C/C=C(\C=C/C(C)C(=O)NCC)c1cccs1. The third-order valence-electron chi connectivity index (χ3n) is 2.45. The van der Waals surface area contributed by atoms with Crippen molar-refractivity contribution < 1.29 is 4.79 Å². The fourth-order valence-electron chi connectivity index (χ4n) is 1.43. The predicted octanol–water partition coefficient (Wildman–Crippen LogP) is 3.48. The average Bonchev–Trinajstić information content (AvgIpc) is 2.83. The van der Waals surface area contributed by atoms with Gasteiger partial charge in [-0.05, 0) is 30.9 Å². The number of thiophene rings is 1. The molecule has 1 aromatic rings. The van der Waals surface area contributed by atoms with E-state index in [4.69, 9.17) is 0 Å². The van der Waals surface area contributed by atoms with Crippen molar-refractivity contribution in [1.29, 1.82) is 0 Å². The maximum atomic E-state index is 11.6. The third kappa shape index (κ3) is 4.19. The van der Waals surface area contributed by atoms with Crippen LogP contribution in [0.5, 0.6) is 0 Å². The molecule has 1 N–H and O–H groups in total. The standard InChI is InChI=1S/C14H19NOS/c1-4-12(13-7-6-10-17-13)9-8-11(3)14(16)15-5-2/h4,6-11H,5H2,1-3H3,(H,15,16)/b9-8-,12-4+. The van der Waals surface area contributed by atoms with Gasteiger partial charge in [-0.1, -0.05) is 31.2 Å². The Morgan fingerprint density at radius 2 is 2.35 bits per heavy atom. The Kier molecular flexibility index (Phi) is 5.70. The van der Waals surface area contributed by atoms with Crippen molar-refractivity contribution >= 4 is 22.8 Å². The van der Waals surface area contributed by atoms with Crippen LogP contribution in [0.1, 0.15) is 25.6 Å². The zero-order valence-corrected chi connectivity index (χ0v) is 11.4. The van der Waals surface area contributed by atoms with Gasteiger partial charge in [0.05, 0.1) is 5.92 Å². The largest absolute Gasteiger partial charge is 0.356 e. The van der Waals surface area contributed by atoms with Crippen LogP contribution in [0.3, 0.4) is 0 Å². The van der Waals surface area contributed by atoms with E-state index in [1.54, 1.807) is 11.3 Å². The molecule has 0 aromatic carbocycles. The minimum atomic E-state index is -0.0927. The number of hydrogen-bond donors (Lipinski definition) is 1. The van der Waals surface area contributed by atoms with Gasteiger partial charge in [-0.3, -0.25) is 4.79 Å². The summed E-state index contributed by atoms with van der Waals surface area (Å²) >= 11 is 1.71. The first kappa shape index (κ1) is 13.7. The van der Waals surface area contributed by atoms with E-state index < -0.39 is 0 Å². The first-order valence-electron chi connectivity index (χ1n) is 5.85. The molecule has 0 aliphatic heterocycles. The molecule has 2 nitrogen and oxygen atoms in total. The van der Waals surface area contributed by atoms with Crippen molar-refractivity contribution in [2.45, 2.75) is 20.8 Å². The van der Waals surface area contributed by atoms with Gasteiger partial charge in [0.15, 0.2) is 0 Å². The van der Waals surface area contributed by atoms with E-state index in [1.165, 1.54) is 4.88 Å². The Morgan fingerprint density at radius 3 is 2.88 bits per heavy atom. The van der Waals surface area contributed by atoms with E-state index in [1.807, 2.05) is 39.0 Å². The lowest BCUT2D eigenvalue weighted by Crippen LogP contribution is -2.27. The molecule has 0 fully saturated rings. The second-order valence-corrected chi connectivity index (χ2v) is 4.71. The first-order chi connectivity index (χ1) is 8.19. The van der Waals surface area contributed by atoms with Crippen LogP contribution < -0.4 is 5.32 Å². The van der Waals surface area contributed by atoms with E-state index in [-0.39, 0.29) is 11.8 Å². The van der Waals surface area contributed by atoms with Crippen LogP contribution in [0, 0.1) is 5.92 Å². The summed E-state index contributed by atoms with van der Waals surface area (Å²) in [6.45, 7) is 6.52. The quantitative estimate of drug-likeness (QED) is 0.795. The molecule has 17 heavy (non-hydrogen) atoms. The molecular weight excluding hydrogens is 230 g/mol. The molecule has 0 aliphatic carbocycles. The number of amides is 1. The van der Waals surface area contributed by atoms with Gasteiger partial charge in [0.2, 0.25) is 5.91 Å². The summed E-state index contributed by atoms with van der Waals surface area (Å²) in [5.41, 5.74) is 1.16. The first-order valence-corrected chi connectivity index (χ1v) is 6.73. The second-order valence-electron chi connectivity index (χ2n) is 3.76. The Balaban J connectivity index is 2.66. The van der Waals surface area contributed by atoms with Gasteiger partial charge in [-0.2, -0.15) is 0 Å². The van der Waals surface area contributed by atoms with Crippen LogP contribution in [-0.2, 0) is 4.79 Å². The van der Waals surface area contributed by atoms with Crippen LogP contribution >= 0.6 is 11.3 Å². The van der Waals surface area contributed by atoms with Gasteiger partial charge in [0, 0.05) is 11.4 Å². The molecule has 3 heteroatoms. The lowest BCUT2D eigenvalue weighted by Gasteiger charge is -2.06. The second kappa shape index (κ2) is 7.07. The summed E-state index contributed by atoms with van der Waals surface area (Å²) in [5, 5.41) is 4.87. The number of nitrogens with one attached hydrogen (secondary N) is 1. The zero-order chi connectivity index (χ0) is 12.7. The van der Waals surface area contributed by atoms with Gasteiger partial charge in [-0.15, -0.1) is 11.3 Å². The molecule has 1 rings (SSSR count). The number of carbonyl (C=O) groups is 1. The lowest BCUT2D eigenvalue weighted by molar-refractivity contribution is -0.123. The topological polar surface area (TPSA) is 29.1 Å². The summed E-state index contributed by atoms with van der Waals surface area (Å²) in [7, 11) is 0. The average molecular weight is 249 g/mol. The van der Waals surface area contributed by atoms with E-state index >= 15 is 0 Å². The number of carbonyl (C=O) groups excluding carboxylic acids is 1. The highest BCUT2D eigenvalue weighted by Crippen LogP contribution is 2.21. The molecule has 0 aliphatic rings. The molecule has 0 bridgehead atoms. The van der Waals surface area contributed by atoms with Gasteiger partial charge in [0.25, 0.3) is 0 Å². The Labute approximate surface area is 107 Å². The minimum Gasteiger partial charge on any atom is -0.356 e. The molecule has 1 amide bonds. The predicted molar refractivity (Wildman–Crippen MR) is 75.0 cm³/mol. The Bertz CT molecular complexity index is 404. The molecule has 92 valence electrons. The number of rotatable bonds is 5. The molecular formula is C14H19NOS. The molecule has 1 heterocycles. The summed E-state index contributed by atoms with van der Waals surface area (Å²) < 4.78 is 0. The van der Waals surface area contributed by atoms with Crippen molar-refractivity contribution in [2.24, 2.45) is 5.92 Å². The fraction of sp³-hybridized carbons (Fsp3) is 0.357. The molecule has 1 unspecified atom stereocenters. The fourth-order valence-corrected chi connectivity index (χ4v) is 2.22. The van der Waals surface area contributed by atoms with Gasteiger partial charge in [0.1, 0.15) is 0 Å². The minimum absolute atomic E-state index is 0.0744. The van der Waals surface area contributed by atoms with Crippen molar-refractivity contribution in [3.63, 3.8) is 0 Å². The molecule has 1 aromatic heterocycles. The smallest absolute Gasteiger partial charge is 0.226 e. The van der Waals surface area contributed by atoms with Crippen LogP contribution in [0.15, 0.2) is 35.7 Å². The van der Waals surface area contributed by atoms with E-state index in [0.717, 1.165) is 5.57 Å².